The SMILES string of the molecule is CN1C(=O)C2C(=NC(CN3CCC(C(N)=O)CC3)=[N+]2CCc2ccccc2)N(C)C1=O. The van der Waals surface area contributed by atoms with Gasteiger partial charge in [0.05, 0.1) is 6.54 Å². The molecule has 2 saturated heterocycles. The molecule has 0 radical (unpaired) electrons. The number of aliphatic imine (C=N–C) groups is 1. The Morgan fingerprint density at radius 1 is 1.13 bits per heavy atom. The first-order valence-electron chi connectivity index (χ1n) is 10.7. The van der Waals surface area contributed by atoms with E-state index in [2.05, 4.69) is 17.0 Å². The molecule has 0 spiro atoms. The van der Waals surface area contributed by atoms with E-state index in [1.807, 2.05) is 22.8 Å². The number of nitrogens with zero attached hydrogens (tertiary/aromatic N) is 5. The van der Waals surface area contributed by atoms with Crippen molar-refractivity contribution in [2.45, 2.75) is 25.3 Å². The predicted molar refractivity (Wildman–Crippen MR) is 116 cm³/mol. The van der Waals surface area contributed by atoms with Crippen molar-refractivity contribution in [3.8, 4) is 0 Å². The molecule has 164 valence electrons. The number of likely N-dealkylation sites (tertiary alicyclic amines) is 1. The molecule has 0 bridgehead atoms. The Bertz CT molecular complexity index is 949. The summed E-state index contributed by atoms with van der Waals surface area (Å²) in [5.41, 5.74) is 6.64. The number of piperidine rings is 1. The number of urea groups is 1. The first-order valence-corrected chi connectivity index (χ1v) is 10.7. The molecule has 2 N–H and O–H groups in total. The van der Waals surface area contributed by atoms with Crippen molar-refractivity contribution in [3.63, 3.8) is 0 Å². The van der Waals surface area contributed by atoms with E-state index in [9.17, 15) is 14.4 Å². The van der Waals surface area contributed by atoms with E-state index in [0.29, 0.717) is 18.9 Å². The Labute approximate surface area is 181 Å². The number of imide groups is 1. The standard InChI is InChI=1S/C22H28N6O3/c1-25-20-18(21(30)26(2)22(25)31)28(13-8-15-6-4-3-5-7-15)17(24-20)14-27-11-9-16(10-12-27)19(23)29/h3-7,16,18H,8-14H2,1-2H3,(H-,23,29)/p+1. The number of benzene rings is 1. The number of nitrogens with two attached hydrogens (primary N) is 1. The summed E-state index contributed by atoms with van der Waals surface area (Å²) in [7, 11) is 3.17. The summed E-state index contributed by atoms with van der Waals surface area (Å²) in [6, 6.07) is 9.16. The Balaban J connectivity index is 1.58. The van der Waals surface area contributed by atoms with Gasteiger partial charge in [-0.3, -0.25) is 24.3 Å². The topological polar surface area (TPSA) is 102 Å². The minimum Gasteiger partial charge on any atom is -0.369 e. The van der Waals surface area contributed by atoms with Crippen molar-refractivity contribution < 1.29 is 19.0 Å². The second-order valence-corrected chi connectivity index (χ2v) is 8.41. The lowest BCUT2D eigenvalue weighted by molar-refractivity contribution is -0.535. The summed E-state index contributed by atoms with van der Waals surface area (Å²) in [6.07, 6.45) is 2.22. The highest BCUT2D eigenvalue weighted by Gasteiger charge is 2.53. The molecule has 9 heteroatoms. The number of fused-ring (bicyclic) bond motifs is 1. The van der Waals surface area contributed by atoms with Crippen LogP contribution in [-0.4, -0.2) is 95.1 Å². The Hall–Kier alpha value is -3.07. The van der Waals surface area contributed by atoms with Crippen molar-refractivity contribution in [2.24, 2.45) is 16.6 Å². The number of likely N-dealkylation sites (N-methyl/N-ethyl adjacent to an activating group) is 2. The molecule has 0 aliphatic carbocycles. The van der Waals surface area contributed by atoms with E-state index in [-0.39, 0.29) is 23.8 Å². The van der Waals surface area contributed by atoms with Gasteiger partial charge in [0.2, 0.25) is 5.91 Å². The molecule has 1 atom stereocenters. The van der Waals surface area contributed by atoms with Gasteiger partial charge in [-0.1, -0.05) is 30.3 Å². The average molecular weight is 426 g/mol. The minimum absolute atomic E-state index is 0.0770. The fourth-order valence-corrected chi connectivity index (χ4v) is 4.50. The third kappa shape index (κ3) is 4.10. The first kappa shape index (κ1) is 21.2. The quantitative estimate of drug-likeness (QED) is 0.655. The summed E-state index contributed by atoms with van der Waals surface area (Å²) in [4.78, 5) is 46.5. The zero-order valence-electron chi connectivity index (χ0n) is 18.0. The fourth-order valence-electron chi connectivity index (χ4n) is 4.50. The second kappa shape index (κ2) is 8.58. The summed E-state index contributed by atoms with van der Waals surface area (Å²) in [5.74, 6) is 0.710. The van der Waals surface area contributed by atoms with E-state index in [1.54, 1.807) is 7.05 Å². The van der Waals surface area contributed by atoms with Crippen LogP contribution >= 0.6 is 0 Å². The zero-order chi connectivity index (χ0) is 22.1. The van der Waals surface area contributed by atoms with Gasteiger partial charge in [0.25, 0.3) is 17.8 Å². The number of carbonyl (C=O) groups excluding carboxylic acids is 3. The van der Waals surface area contributed by atoms with Crippen LogP contribution in [0.5, 0.6) is 0 Å². The fraction of sp³-hybridized carbons (Fsp3) is 0.500. The predicted octanol–water partition coefficient (Wildman–Crippen LogP) is 0.142. The number of amides is 4. The Morgan fingerprint density at radius 2 is 1.81 bits per heavy atom. The molecule has 2 fully saturated rings. The van der Waals surface area contributed by atoms with E-state index in [1.165, 1.54) is 22.4 Å². The van der Waals surface area contributed by atoms with Crippen molar-refractivity contribution in [2.75, 3.05) is 40.3 Å². The van der Waals surface area contributed by atoms with Crippen LogP contribution in [0.4, 0.5) is 4.79 Å². The number of primary amides is 1. The van der Waals surface area contributed by atoms with Gasteiger partial charge in [0, 0.05) is 26.4 Å². The molecule has 0 aromatic heterocycles. The van der Waals surface area contributed by atoms with Crippen molar-refractivity contribution >= 4 is 29.5 Å². The molecule has 0 saturated carbocycles. The molecular weight excluding hydrogens is 396 g/mol. The normalized spacial score (nSPS) is 22.8. The monoisotopic (exact) mass is 425 g/mol. The molecule has 4 rings (SSSR count). The van der Waals surface area contributed by atoms with Crippen LogP contribution in [0.15, 0.2) is 35.3 Å². The number of rotatable bonds is 6. The minimum atomic E-state index is -0.588. The first-order chi connectivity index (χ1) is 14.9. The van der Waals surface area contributed by atoms with E-state index in [0.717, 1.165) is 38.2 Å². The van der Waals surface area contributed by atoms with Crippen molar-refractivity contribution in [1.29, 1.82) is 0 Å². The van der Waals surface area contributed by atoms with Gasteiger partial charge in [-0.15, -0.1) is 0 Å². The van der Waals surface area contributed by atoms with Gasteiger partial charge < -0.3 is 5.73 Å². The molecule has 1 aromatic carbocycles. The lowest BCUT2D eigenvalue weighted by Gasteiger charge is -2.31. The van der Waals surface area contributed by atoms with E-state index in [4.69, 9.17) is 10.7 Å². The third-order valence-electron chi connectivity index (χ3n) is 6.45. The molecule has 3 heterocycles. The van der Waals surface area contributed by atoms with Crippen LogP contribution in [-0.2, 0) is 16.0 Å². The average Bonchev–Trinajstić information content (AvgIpc) is 3.14. The van der Waals surface area contributed by atoms with Gasteiger partial charge in [0.1, 0.15) is 6.54 Å². The molecule has 9 nitrogen and oxygen atoms in total. The number of amidine groups is 2. The second-order valence-electron chi connectivity index (χ2n) is 8.41. The molecule has 31 heavy (non-hydrogen) atoms. The highest BCUT2D eigenvalue weighted by Crippen LogP contribution is 2.21. The maximum absolute atomic E-state index is 13.0. The van der Waals surface area contributed by atoms with E-state index < -0.39 is 6.04 Å². The summed E-state index contributed by atoms with van der Waals surface area (Å²) >= 11 is 0. The number of carbonyl (C=O) groups is 3. The Morgan fingerprint density at radius 3 is 2.45 bits per heavy atom. The van der Waals surface area contributed by atoms with Gasteiger partial charge >= 0.3 is 11.9 Å². The van der Waals surface area contributed by atoms with Gasteiger partial charge in [0.15, 0.2) is 0 Å². The van der Waals surface area contributed by atoms with Crippen molar-refractivity contribution in [1.82, 2.24) is 14.7 Å². The van der Waals surface area contributed by atoms with Gasteiger partial charge in [-0.25, -0.2) is 9.37 Å². The number of hydrogen-bond donors (Lipinski definition) is 1. The lowest BCUT2D eigenvalue weighted by Crippen LogP contribution is -2.61. The molecule has 1 aromatic rings. The van der Waals surface area contributed by atoms with Crippen LogP contribution in [0.3, 0.4) is 0 Å². The summed E-state index contributed by atoms with van der Waals surface area (Å²) in [6.45, 7) is 2.69. The third-order valence-corrected chi connectivity index (χ3v) is 6.45. The Kier molecular flexibility index (Phi) is 5.86. The molecular formula is C22H29N6O3+. The van der Waals surface area contributed by atoms with Crippen LogP contribution in [0.1, 0.15) is 18.4 Å². The molecule has 3 aliphatic heterocycles. The largest absolute Gasteiger partial charge is 0.369 e. The summed E-state index contributed by atoms with van der Waals surface area (Å²) < 4.78 is 2.03. The van der Waals surface area contributed by atoms with Crippen LogP contribution in [0.25, 0.3) is 0 Å². The molecule has 1 unspecified atom stereocenters. The van der Waals surface area contributed by atoms with Gasteiger partial charge in [-0.2, -0.15) is 0 Å². The van der Waals surface area contributed by atoms with Crippen molar-refractivity contribution in [3.05, 3.63) is 35.9 Å². The van der Waals surface area contributed by atoms with E-state index >= 15 is 0 Å². The maximum Gasteiger partial charge on any atom is 0.333 e. The molecule has 4 amide bonds. The van der Waals surface area contributed by atoms with Crippen LogP contribution in [0, 0.1) is 5.92 Å². The van der Waals surface area contributed by atoms with Gasteiger partial charge in [-0.05, 0) is 36.5 Å². The maximum atomic E-state index is 13.0. The lowest BCUT2D eigenvalue weighted by atomic mass is 9.96. The summed E-state index contributed by atoms with van der Waals surface area (Å²) in [5, 5.41) is 0. The zero-order valence-corrected chi connectivity index (χ0v) is 18.0. The van der Waals surface area contributed by atoms with Crippen LogP contribution in [0.2, 0.25) is 0 Å². The highest BCUT2D eigenvalue weighted by atomic mass is 16.2. The number of hydrogen-bond acceptors (Lipinski definition) is 5. The molecule has 3 aliphatic rings. The van der Waals surface area contributed by atoms with Crippen LogP contribution < -0.4 is 5.73 Å². The highest BCUT2D eigenvalue weighted by molar-refractivity contribution is 6.23. The smallest absolute Gasteiger partial charge is 0.333 e.